The van der Waals surface area contributed by atoms with Gasteiger partial charge in [0.1, 0.15) is 0 Å². The third-order valence-corrected chi connectivity index (χ3v) is 5.36. The molecule has 1 aliphatic carbocycles. The van der Waals surface area contributed by atoms with Gasteiger partial charge in [0.2, 0.25) is 0 Å². The Morgan fingerprint density at radius 3 is 2.40 bits per heavy atom. The van der Waals surface area contributed by atoms with E-state index in [9.17, 15) is 0 Å². The lowest BCUT2D eigenvalue weighted by Gasteiger charge is -2.48. The number of nitrogens with zero attached hydrogens (tertiary/aromatic N) is 1. The predicted molar refractivity (Wildman–Crippen MR) is 87.5 cm³/mol. The molecule has 0 aliphatic heterocycles. The predicted octanol–water partition coefficient (Wildman–Crippen LogP) is 3.74. The Balaban J connectivity index is 2.23. The molecule has 20 heavy (non-hydrogen) atoms. The summed E-state index contributed by atoms with van der Waals surface area (Å²) in [5.74, 6) is 0. The van der Waals surface area contributed by atoms with Crippen molar-refractivity contribution < 1.29 is 0 Å². The smallest absolute Gasteiger partial charge is 0.0438 e. The van der Waals surface area contributed by atoms with E-state index < -0.39 is 0 Å². The van der Waals surface area contributed by atoms with Crippen LogP contribution in [0.25, 0.3) is 0 Å². The summed E-state index contributed by atoms with van der Waals surface area (Å²) in [6.45, 7) is 0. The van der Waals surface area contributed by atoms with Crippen molar-refractivity contribution in [2.45, 2.75) is 50.1 Å². The molecule has 1 atom stereocenters. The number of nitrogens with one attached hydrogen (secondary N) is 1. The standard InChI is InChI=1S/C17H27ClN2/c1-19-16(13-14-9-5-6-10-15(14)18)17(20(2)3)11-7-4-8-12-17/h5-6,9-10,16,19H,4,7-8,11-13H2,1-3H3. The third kappa shape index (κ3) is 3.19. The van der Waals surface area contributed by atoms with Crippen molar-refractivity contribution in [2.24, 2.45) is 0 Å². The van der Waals surface area contributed by atoms with Crippen molar-refractivity contribution in [3.05, 3.63) is 34.9 Å². The number of halogens is 1. The fourth-order valence-electron chi connectivity index (χ4n) is 3.72. The largest absolute Gasteiger partial charge is 0.315 e. The molecule has 0 amide bonds. The molecular formula is C17H27ClN2. The zero-order valence-electron chi connectivity index (χ0n) is 13.0. The fourth-order valence-corrected chi connectivity index (χ4v) is 3.93. The molecular weight excluding hydrogens is 268 g/mol. The van der Waals surface area contributed by atoms with Gasteiger partial charge >= 0.3 is 0 Å². The molecule has 1 N–H and O–H groups in total. The van der Waals surface area contributed by atoms with Crippen LogP contribution in [0.15, 0.2) is 24.3 Å². The first-order valence-corrected chi connectivity index (χ1v) is 8.06. The molecule has 1 fully saturated rings. The molecule has 0 saturated heterocycles. The summed E-state index contributed by atoms with van der Waals surface area (Å²) in [5.41, 5.74) is 1.51. The first-order valence-electron chi connectivity index (χ1n) is 7.68. The van der Waals surface area contributed by atoms with E-state index in [0.717, 1.165) is 11.4 Å². The molecule has 2 rings (SSSR count). The fraction of sp³-hybridized carbons (Fsp3) is 0.647. The Labute approximate surface area is 128 Å². The molecule has 0 aromatic heterocycles. The van der Waals surface area contributed by atoms with Crippen LogP contribution in [-0.2, 0) is 6.42 Å². The lowest BCUT2D eigenvalue weighted by Crippen LogP contribution is -2.60. The van der Waals surface area contributed by atoms with E-state index >= 15 is 0 Å². The van der Waals surface area contributed by atoms with Crippen molar-refractivity contribution >= 4 is 11.6 Å². The van der Waals surface area contributed by atoms with Crippen molar-refractivity contribution in [2.75, 3.05) is 21.1 Å². The average Bonchev–Trinajstić information content (AvgIpc) is 2.47. The Hall–Kier alpha value is -0.570. The molecule has 1 aromatic carbocycles. The lowest BCUT2D eigenvalue weighted by molar-refractivity contribution is 0.0598. The maximum atomic E-state index is 6.35. The summed E-state index contributed by atoms with van der Waals surface area (Å²) < 4.78 is 0. The van der Waals surface area contributed by atoms with E-state index in [2.05, 4.69) is 43.5 Å². The second-order valence-corrected chi connectivity index (χ2v) is 6.60. The van der Waals surface area contributed by atoms with Crippen molar-refractivity contribution in [1.29, 1.82) is 0 Å². The molecule has 1 aromatic rings. The Morgan fingerprint density at radius 2 is 1.85 bits per heavy atom. The summed E-state index contributed by atoms with van der Waals surface area (Å²) in [4.78, 5) is 2.43. The third-order valence-electron chi connectivity index (χ3n) is 4.99. The maximum Gasteiger partial charge on any atom is 0.0438 e. The van der Waals surface area contributed by atoms with Crippen LogP contribution in [0.2, 0.25) is 5.02 Å². The molecule has 0 heterocycles. The Bertz CT molecular complexity index is 425. The molecule has 1 saturated carbocycles. The van der Waals surface area contributed by atoms with Gasteiger partial charge in [-0.25, -0.2) is 0 Å². The molecule has 2 nitrogen and oxygen atoms in total. The highest BCUT2D eigenvalue weighted by Crippen LogP contribution is 2.36. The number of benzene rings is 1. The minimum atomic E-state index is 0.256. The maximum absolute atomic E-state index is 6.35. The van der Waals surface area contributed by atoms with E-state index in [4.69, 9.17) is 11.6 Å². The van der Waals surface area contributed by atoms with Crippen LogP contribution in [-0.4, -0.2) is 37.6 Å². The van der Waals surface area contributed by atoms with E-state index in [1.54, 1.807) is 0 Å². The molecule has 112 valence electrons. The van der Waals surface area contributed by atoms with E-state index in [-0.39, 0.29) is 5.54 Å². The molecule has 1 aliphatic rings. The number of likely N-dealkylation sites (N-methyl/N-ethyl adjacent to an activating group) is 2. The molecule has 1 unspecified atom stereocenters. The first kappa shape index (κ1) is 15.8. The first-order chi connectivity index (χ1) is 9.60. The van der Waals surface area contributed by atoms with Gasteiger partial charge in [-0.1, -0.05) is 49.1 Å². The van der Waals surface area contributed by atoms with Gasteiger partial charge in [-0.2, -0.15) is 0 Å². The van der Waals surface area contributed by atoms with E-state index in [0.29, 0.717) is 6.04 Å². The highest BCUT2D eigenvalue weighted by molar-refractivity contribution is 6.31. The van der Waals surface area contributed by atoms with Crippen LogP contribution in [0.1, 0.15) is 37.7 Å². The quantitative estimate of drug-likeness (QED) is 0.890. The highest BCUT2D eigenvalue weighted by atomic mass is 35.5. The summed E-state index contributed by atoms with van der Waals surface area (Å²) in [7, 11) is 6.53. The van der Waals surface area contributed by atoms with Crippen molar-refractivity contribution in [1.82, 2.24) is 10.2 Å². The minimum Gasteiger partial charge on any atom is -0.315 e. The van der Waals surface area contributed by atoms with Crippen LogP contribution in [0.3, 0.4) is 0 Å². The minimum absolute atomic E-state index is 0.256. The van der Waals surface area contributed by atoms with Gasteiger partial charge in [0.25, 0.3) is 0 Å². The van der Waals surface area contributed by atoms with Gasteiger partial charge in [0.05, 0.1) is 0 Å². The zero-order chi connectivity index (χ0) is 14.6. The van der Waals surface area contributed by atoms with Crippen LogP contribution in [0, 0.1) is 0 Å². The lowest BCUT2D eigenvalue weighted by atomic mass is 9.73. The highest BCUT2D eigenvalue weighted by Gasteiger charge is 2.41. The molecule has 0 spiro atoms. The van der Waals surface area contributed by atoms with Gasteiger partial charge < -0.3 is 10.2 Å². The average molecular weight is 295 g/mol. The van der Waals surface area contributed by atoms with E-state index in [1.807, 2.05) is 12.1 Å². The summed E-state index contributed by atoms with van der Waals surface area (Å²) in [5, 5.41) is 4.46. The number of rotatable bonds is 5. The van der Waals surface area contributed by atoms with Gasteiger partial charge in [-0.15, -0.1) is 0 Å². The monoisotopic (exact) mass is 294 g/mol. The van der Waals surface area contributed by atoms with Gasteiger partial charge in [0, 0.05) is 16.6 Å². The number of hydrogen-bond acceptors (Lipinski definition) is 2. The van der Waals surface area contributed by atoms with Crippen molar-refractivity contribution in [3.8, 4) is 0 Å². The zero-order valence-corrected chi connectivity index (χ0v) is 13.7. The van der Waals surface area contributed by atoms with Crippen LogP contribution in [0.5, 0.6) is 0 Å². The van der Waals surface area contributed by atoms with Gasteiger partial charge in [0.15, 0.2) is 0 Å². The van der Waals surface area contributed by atoms with Crippen LogP contribution >= 0.6 is 11.6 Å². The van der Waals surface area contributed by atoms with Crippen molar-refractivity contribution in [3.63, 3.8) is 0 Å². The Kier molecular flexibility index (Phi) is 5.48. The SMILES string of the molecule is CNC(Cc1ccccc1Cl)C1(N(C)C)CCCCC1. The second-order valence-electron chi connectivity index (χ2n) is 6.20. The molecule has 3 heteroatoms. The van der Waals surface area contributed by atoms with Crippen LogP contribution in [0.4, 0.5) is 0 Å². The van der Waals surface area contributed by atoms with Gasteiger partial charge in [-0.05, 0) is 52.0 Å². The second kappa shape index (κ2) is 6.93. The van der Waals surface area contributed by atoms with Gasteiger partial charge in [-0.3, -0.25) is 0 Å². The van der Waals surface area contributed by atoms with E-state index in [1.165, 1.54) is 37.7 Å². The molecule has 0 bridgehead atoms. The summed E-state index contributed by atoms with van der Waals surface area (Å²) >= 11 is 6.35. The molecule has 0 radical (unpaired) electrons. The number of hydrogen-bond donors (Lipinski definition) is 1. The summed E-state index contributed by atoms with van der Waals surface area (Å²) in [6, 6.07) is 8.67. The normalized spacial score (nSPS) is 20.1. The topological polar surface area (TPSA) is 15.3 Å². The van der Waals surface area contributed by atoms with Crippen LogP contribution < -0.4 is 5.32 Å². The summed E-state index contributed by atoms with van der Waals surface area (Å²) in [6.07, 6.45) is 7.58. The Morgan fingerprint density at radius 1 is 1.20 bits per heavy atom.